The molecule has 8 nitrogen and oxygen atoms in total. The maximum atomic E-state index is 13.2. The molecule has 4 aromatic rings. The van der Waals surface area contributed by atoms with E-state index in [-0.39, 0.29) is 5.56 Å². The van der Waals surface area contributed by atoms with Crippen LogP contribution in [0.1, 0.15) is 31.7 Å². The lowest BCUT2D eigenvalue weighted by atomic mass is 10.2. The Morgan fingerprint density at radius 2 is 1.90 bits per heavy atom. The van der Waals surface area contributed by atoms with Crippen molar-refractivity contribution in [2.24, 2.45) is 0 Å². The van der Waals surface area contributed by atoms with Crippen LogP contribution in [-0.2, 0) is 13.1 Å². The van der Waals surface area contributed by atoms with Gasteiger partial charge in [0.05, 0.1) is 18.3 Å². The third-order valence-electron chi connectivity index (χ3n) is 5.52. The Morgan fingerprint density at radius 3 is 2.67 bits per heavy atom. The first-order valence-corrected chi connectivity index (χ1v) is 10.5. The molecular formula is C22H25N7O. The summed E-state index contributed by atoms with van der Waals surface area (Å²) in [6.45, 7) is 5.28. The predicted molar refractivity (Wildman–Crippen MR) is 117 cm³/mol. The van der Waals surface area contributed by atoms with Gasteiger partial charge in [0.2, 0.25) is 5.95 Å². The molecule has 0 aliphatic carbocycles. The van der Waals surface area contributed by atoms with Crippen molar-refractivity contribution in [3.63, 3.8) is 0 Å². The second-order valence-electron chi connectivity index (χ2n) is 7.76. The molecule has 0 atom stereocenters. The van der Waals surface area contributed by atoms with E-state index in [9.17, 15) is 4.79 Å². The molecule has 8 heteroatoms. The second kappa shape index (κ2) is 7.78. The maximum absolute atomic E-state index is 13.2. The first-order valence-electron chi connectivity index (χ1n) is 10.5. The SMILES string of the molecule is CCCn1c(N2CCCC2)nc2nc(-c3cnn(Cc4ccccc4)c3)[nH]c2c1=O. The van der Waals surface area contributed by atoms with Crippen LogP contribution in [0.15, 0.2) is 47.5 Å². The molecule has 1 aromatic carbocycles. The van der Waals surface area contributed by atoms with Crippen LogP contribution in [0.25, 0.3) is 22.6 Å². The van der Waals surface area contributed by atoms with Crippen molar-refractivity contribution < 1.29 is 0 Å². The first kappa shape index (κ1) is 18.6. The molecule has 1 N–H and O–H groups in total. The van der Waals surface area contributed by atoms with Crippen LogP contribution in [0.5, 0.6) is 0 Å². The Bertz CT molecular complexity index is 1220. The Hall–Kier alpha value is -3.42. The molecule has 1 saturated heterocycles. The summed E-state index contributed by atoms with van der Waals surface area (Å²) in [5, 5.41) is 4.45. The molecule has 0 spiro atoms. The standard InChI is InChI=1S/C22H25N7O/c1-2-10-29-21(30)18-20(26-22(29)27-11-6-7-12-27)25-19(24-18)17-13-23-28(15-17)14-16-8-4-3-5-9-16/h3-5,8-9,13,15H,2,6-7,10-12,14H2,1H3,(H,24,25). The summed E-state index contributed by atoms with van der Waals surface area (Å²) in [5.41, 5.74) is 2.89. The summed E-state index contributed by atoms with van der Waals surface area (Å²) in [6.07, 6.45) is 6.85. The number of fused-ring (bicyclic) bond motifs is 1. The summed E-state index contributed by atoms with van der Waals surface area (Å²) >= 11 is 0. The number of H-pyrrole nitrogens is 1. The summed E-state index contributed by atoms with van der Waals surface area (Å²) in [4.78, 5) is 28.0. The Labute approximate surface area is 174 Å². The van der Waals surface area contributed by atoms with Crippen LogP contribution in [0, 0.1) is 0 Å². The van der Waals surface area contributed by atoms with Crippen molar-refractivity contribution in [3.8, 4) is 11.4 Å². The molecule has 0 unspecified atom stereocenters. The third kappa shape index (κ3) is 3.38. The molecule has 0 amide bonds. The Kier molecular flexibility index (Phi) is 4.82. The van der Waals surface area contributed by atoms with Gasteiger partial charge in [-0.1, -0.05) is 37.3 Å². The number of hydrogen-bond donors (Lipinski definition) is 1. The third-order valence-corrected chi connectivity index (χ3v) is 5.52. The molecule has 5 rings (SSSR count). The fourth-order valence-electron chi connectivity index (χ4n) is 4.04. The fraction of sp³-hybridized carbons (Fsp3) is 0.364. The summed E-state index contributed by atoms with van der Waals surface area (Å²) < 4.78 is 3.66. The number of hydrogen-bond acceptors (Lipinski definition) is 5. The molecule has 154 valence electrons. The molecule has 3 aromatic heterocycles. The Morgan fingerprint density at radius 1 is 1.10 bits per heavy atom. The lowest BCUT2D eigenvalue weighted by Gasteiger charge is -2.20. The highest BCUT2D eigenvalue weighted by molar-refractivity contribution is 5.76. The highest BCUT2D eigenvalue weighted by atomic mass is 16.1. The molecule has 4 heterocycles. The minimum atomic E-state index is -0.0563. The number of nitrogens with one attached hydrogen (secondary N) is 1. The molecular weight excluding hydrogens is 378 g/mol. The van der Waals surface area contributed by atoms with Crippen LogP contribution in [-0.4, -0.2) is 42.4 Å². The zero-order valence-electron chi connectivity index (χ0n) is 17.1. The average Bonchev–Trinajstić information content (AvgIpc) is 3.51. The van der Waals surface area contributed by atoms with Crippen molar-refractivity contribution in [2.45, 2.75) is 39.3 Å². The van der Waals surface area contributed by atoms with Gasteiger partial charge in [0.25, 0.3) is 5.56 Å². The Balaban J connectivity index is 1.52. The zero-order chi connectivity index (χ0) is 20.5. The molecule has 1 fully saturated rings. The number of anilines is 1. The zero-order valence-corrected chi connectivity index (χ0v) is 17.1. The molecule has 1 aliphatic rings. The fourth-order valence-corrected chi connectivity index (χ4v) is 4.04. The van der Waals surface area contributed by atoms with E-state index in [0.29, 0.717) is 30.1 Å². The van der Waals surface area contributed by atoms with Crippen LogP contribution >= 0.6 is 0 Å². The quantitative estimate of drug-likeness (QED) is 0.535. The first-order chi connectivity index (χ1) is 14.7. The van der Waals surface area contributed by atoms with E-state index >= 15 is 0 Å². The van der Waals surface area contributed by atoms with E-state index < -0.39 is 0 Å². The van der Waals surface area contributed by atoms with E-state index in [4.69, 9.17) is 4.98 Å². The maximum Gasteiger partial charge on any atom is 0.280 e. The van der Waals surface area contributed by atoms with Crippen LogP contribution in [0.4, 0.5) is 5.95 Å². The molecule has 1 aliphatic heterocycles. The average molecular weight is 403 g/mol. The summed E-state index contributed by atoms with van der Waals surface area (Å²) in [7, 11) is 0. The minimum absolute atomic E-state index is 0.0563. The lowest BCUT2D eigenvalue weighted by Crippen LogP contribution is -2.31. The number of aromatic amines is 1. The van der Waals surface area contributed by atoms with Gasteiger partial charge in [0.15, 0.2) is 11.2 Å². The van der Waals surface area contributed by atoms with Gasteiger partial charge in [-0.2, -0.15) is 10.1 Å². The molecule has 0 saturated carbocycles. The largest absolute Gasteiger partial charge is 0.342 e. The topological polar surface area (TPSA) is 84.6 Å². The molecule has 0 bridgehead atoms. The lowest BCUT2D eigenvalue weighted by molar-refractivity contribution is 0.634. The second-order valence-corrected chi connectivity index (χ2v) is 7.76. The van der Waals surface area contributed by atoms with Crippen molar-refractivity contribution in [2.75, 3.05) is 18.0 Å². The monoisotopic (exact) mass is 403 g/mol. The van der Waals surface area contributed by atoms with Gasteiger partial charge in [-0.25, -0.2) is 4.98 Å². The van der Waals surface area contributed by atoms with Gasteiger partial charge in [0, 0.05) is 25.8 Å². The van der Waals surface area contributed by atoms with Crippen molar-refractivity contribution in [1.29, 1.82) is 0 Å². The van der Waals surface area contributed by atoms with Gasteiger partial charge in [-0.05, 0) is 24.8 Å². The highest BCUT2D eigenvalue weighted by Gasteiger charge is 2.22. The van der Waals surface area contributed by atoms with Crippen molar-refractivity contribution in [1.82, 2.24) is 29.3 Å². The van der Waals surface area contributed by atoms with E-state index in [1.165, 1.54) is 5.56 Å². The minimum Gasteiger partial charge on any atom is -0.342 e. The van der Waals surface area contributed by atoms with Crippen LogP contribution in [0.3, 0.4) is 0 Å². The smallest absolute Gasteiger partial charge is 0.280 e. The normalized spacial score (nSPS) is 14.1. The van der Waals surface area contributed by atoms with Crippen LogP contribution in [0.2, 0.25) is 0 Å². The number of nitrogens with zero attached hydrogens (tertiary/aromatic N) is 6. The number of benzene rings is 1. The number of aromatic nitrogens is 6. The molecule has 0 radical (unpaired) electrons. The van der Waals surface area contributed by atoms with Gasteiger partial charge >= 0.3 is 0 Å². The highest BCUT2D eigenvalue weighted by Crippen LogP contribution is 2.22. The number of rotatable bonds is 6. The summed E-state index contributed by atoms with van der Waals surface area (Å²) in [6, 6.07) is 10.2. The van der Waals surface area contributed by atoms with Crippen molar-refractivity contribution in [3.05, 3.63) is 58.6 Å². The van der Waals surface area contributed by atoms with Gasteiger partial charge in [0.1, 0.15) is 5.82 Å². The van der Waals surface area contributed by atoms with E-state index in [2.05, 4.69) is 39.0 Å². The predicted octanol–water partition coefficient (Wildman–Crippen LogP) is 3.04. The number of imidazole rings is 1. The van der Waals surface area contributed by atoms with Gasteiger partial charge in [-0.3, -0.25) is 14.0 Å². The van der Waals surface area contributed by atoms with Gasteiger partial charge in [-0.15, -0.1) is 0 Å². The van der Waals surface area contributed by atoms with E-state index in [1.807, 2.05) is 29.1 Å². The van der Waals surface area contributed by atoms with Gasteiger partial charge < -0.3 is 9.88 Å². The van der Waals surface area contributed by atoms with Crippen LogP contribution < -0.4 is 10.5 Å². The van der Waals surface area contributed by atoms with E-state index in [1.54, 1.807) is 10.8 Å². The van der Waals surface area contributed by atoms with E-state index in [0.717, 1.165) is 43.9 Å². The summed E-state index contributed by atoms with van der Waals surface area (Å²) in [5.74, 6) is 1.36. The molecule has 30 heavy (non-hydrogen) atoms. The van der Waals surface area contributed by atoms with Crippen molar-refractivity contribution >= 4 is 17.1 Å².